The molecular formula is C13H16O2S. The average Bonchev–Trinajstić information content (AvgIpc) is 3.13. The highest BCUT2D eigenvalue weighted by molar-refractivity contribution is 7.93. The Morgan fingerprint density at radius 1 is 1.31 bits per heavy atom. The van der Waals surface area contributed by atoms with Crippen molar-refractivity contribution >= 4 is 9.84 Å². The third-order valence-corrected chi connectivity index (χ3v) is 6.22. The molecule has 1 saturated carbocycles. The van der Waals surface area contributed by atoms with Crippen molar-refractivity contribution in [2.45, 2.75) is 29.8 Å². The second-order valence-electron chi connectivity index (χ2n) is 4.42. The first kappa shape index (κ1) is 11.4. The van der Waals surface area contributed by atoms with E-state index in [1.807, 2.05) is 30.3 Å². The molecule has 1 atom stereocenters. The fraction of sp³-hybridized carbons (Fsp3) is 0.385. The van der Waals surface area contributed by atoms with Crippen LogP contribution >= 0.6 is 0 Å². The van der Waals surface area contributed by atoms with Crippen LogP contribution in [0.2, 0.25) is 0 Å². The molecule has 2 nitrogen and oxygen atoms in total. The summed E-state index contributed by atoms with van der Waals surface area (Å²) >= 11 is 0. The van der Waals surface area contributed by atoms with Crippen molar-refractivity contribution in [3.63, 3.8) is 0 Å². The zero-order chi connectivity index (χ0) is 11.8. The van der Waals surface area contributed by atoms with Gasteiger partial charge in [0, 0.05) is 0 Å². The smallest absolute Gasteiger partial charge is 0.166 e. The number of sulfone groups is 1. The monoisotopic (exact) mass is 236 g/mol. The van der Waals surface area contributed by atoms with Crippen LogP contribution in [-0.2, 0) is 14.6 Å². The molecule has 3 heteroatoms. The lowest BCUT2D eigenvalue weighted by Crippen LogP contribution is -2.33. The van der Waals surface area contributed by atoms with Crippen LogP contribution in [0.4, 0.5) is 0 Å². The molecule has 86 valence electrons. The molecule has 1 aromatic carbocycles. The minimum absolute atomic E-state index is 0.171. The van der Waals surface area contributed by atoms with Gasteiger partial charge in [-0.15, -0.1) is 6.58 Å². The molecule has 0 aromatic heterocycles. The Kier molecular flexibility index (Phi) is 2.66. The van der Waals surface area contributed by atoms with E-state index >= 15 is 0 Å². The quantitative estimate of drug-likeness (QED) is 0.753. The van der Waals surface area contributed by atoms with Crippen molar-refractivity contribution in [1.82, 2.24) is 0 Å². The summed E-state index contributed by atoms with van der Waals surface area (Å²) in [6.07, 6.45) is 3.13. The average molecular weight is 236 g/mol. The highest BCUT2D eigenvalue weighted by atomic mass is 32.2. The largest absolute Gasteiger partial charge is 0.227 e. The van der Waals surface area contributed by atoms with Gasteiger partial charge in [-0.1, -0.05) is 36.4 Å². The van der Waals surface area contributed by atoms with E-state index in [1.54, 1.807) is 13.0 Å². The second kappa shape index (κ2) is 3.74. The first-order valence-electron chi connectivity index (χ1n) is 5.45. The van der Waals surface area contributed by atoms with Gasteiger partial charge >= 0.3 is 0 Å². The molecule has 0 heterocycles. The molecule has 1 fully saturated rings. The summed E-state index contributed by atoms with van der Waals surface area (Å²) in [5.41, 5.74) is 0.803. The van der Waals surface area contributed by atoms with Crippen LogP contribution in [0.15, 0.2) is 43.0 Å². The van der Waals surface area contributed by atoms with Crippen LogP contribution in [0.5, 0.6) is 0 Å². The zero-order valence-electron chi connectivity index (χ0n) is 9.39. The van der Waals surface area contributed by atoms with E-state index < -0.39 is 14.6 Å². The van der Waals surface area contributed by atoms with Gasteiger partial charge in [0.1, 0.15) is 4.75 Å². The van der Waals surface area contributed by atoms with Crippen molar-refractivity contribution in [1.29, 1.82) is 0 Å². The fourth-order valence-electron chi connectivity index (χ4n) is 1.89. The molecule has 0 aliphatic heterocycles. The summed E-state index contributed by atoms with van der Waals surface area (Å²) in [5.74, 6) is 0. The highest BCUT2D eigenvalue weighted by Crippen LogP contribution is 2.42. The first-order valence-corrected chi connectivity index (χ1v) is 6.99. The minimum Gasteiger partial charge on any atom is -0.227 e. The summed E-state index contributed by atoms with van der Waals surface area (Å²) in [6.45, 7) is 5.45. The van der Waals surface area contributed by atoms with E-state index in [2.05, 4.69) is 6.58 Å². The predicted molar refractivity (Wildman–Crippen MR) is 65.9 cm³/mol. The van der Waals surface area contributed by atoms with E-state index in [0.29, 0.717) is 0 Å². The maximum absolute atomic E-state index is 12.4. The Hall–Kier alpha value is -1.09. The molecule has 1 aliphatic carbocycles. The number of hydrogen-bond acceptors (Lipinski definition) is 2. The van der Waals surface area contributed by atoms with Crippen LogP contribution < -0.4 is 0 Å². The van der Waals surface area contributed by atoms with Crippen molar-refractivity contribution in [3.05, 3.63) is 48.6 Å². The molecule has 1 aromatic rings. The Bertz CT molecular complexity index is 486. The summed E-state index contributed by atoms with van der Waals surface area (Å²) < 4.78 is 23.8. The molecule has 1 aliphatic rings. The van der Waals surface area contributed by atoms with E-state index in [-0.39, 0.29) is 5.25 Å². The van der Waals surface area contributed by atoms with E-state index in [9.17, 15) is 8.42 Å². The van der Waals surface area contributed by atoms with E-state index in [4.69, 9.17) is 0 Å². The Balaban J connectivity index is 2.52. The van der Waals surface area contributed by atoms with E-state index in [0.717, 1.165) is 18.4 Å². The van der Waals surface area contributed by atoms with Gasteiger partial charge in [-0.05, 0) is 25.3 Å². The number of hydrogen-bond donors (Lipinski definition) is 0. The lowest BCUT2D eigenvalue weighted by atomic mass is 10.0. The van der Waals surface area contributed by atoms with Crippen LogP contribution in [0.1, 0.15) is 25.3 Å². The van der Waals surface area contributed by atoms with E-state index in [1.165, 1.54) is 0 Å². The summed E-state index contributed by atoms with van der Waals surface area (Å²) in [4.78, 5) is 0. The predicted octanol–water partition coefficient (Wildman–Crippen LogP) is 2.67. The Labute approximate surface area is 96.9 Å². The molecule has 16 heavy (non-hydrogen) atoms. The topological polar surface area (TPSA) is 34.1 Å². The van der Waals surface area contributed by atoms with Gasteiger partial charge in [0.25, 0.3) is 0 Å². The highest BCUT2D eigenvalue weighted by Gasteiger charge is 2.47. The fourth-order valence-corrected chi connectivity index (χ4v) is 4.04. The maximum Gasteiger partial charge on any atom is 0.166 e. The summed E-state index contributed by atoms with van der Waals surface area (Å²) in [7, 11) is -3.15. The normalized spacial score (nSPS) is 20.1. The third kappa shape index (κ3) is 1.59. The molecular weight excluding hydrogens is 220 g/mol. The van der Waals surface area contributed by atoms with Crippen molar-refractivity contribution < 1.29 is 8.42 Å². The lowest BCUT2D eigenvalue weighted by Gasteiger charge is -2.26. The van der Waals surface area contributed by atoms with Gasteiger partial charge in [-0.2, -0.15) is 0 Å². The summed E-state index contributed by atoms with van der Waals surface area (Å²) in [5, 5.41) is -0.171. The van der Waals surface area contributed by atoms with Crippen molar-refractivity contribution in [3.8, 4) is 0 Å². The van der Waals surface area contributed by atoms with Crippen LogP contribution in [0, 0.1) is 0 Å². The Morgan fingerprint density at radius 2 is 1.88 bits per heavy atom. The summed E-state index contributed by atoms with van der Waals surface area (Å²) in [6, 6.07) is 9.30. The SMILES string of the molecule is C=C[C@@](C)(c1ccccc1)S(=O)(=O)C1CC1. The van der Waals surface area contributed by atoms with Crippen molar-refractivity contribution in [2.24, 2.45) is 0 Å². The second-order valence-corrected chi connectivity index (χ2v) is 7.03. The van der Waals surface area contributed by atoms with Gasteiger partial charge in [0.05, 0.1) is 5.25 Å². The van der Waals surface area contributed by atoms with Crippen LogP contribution in [-0.4, -0.2) is 13.7 Å². The molecule has 0 unspecified atom stereocenters. The standard InChI is InChI=1S/C13H16O2S/c1-3-13(2,11-7-5-4-6-8-11)16(14,15)12-9-10-12/h3-8,12H,1,9-10H2,2H3/t13-/m0/s1. The Morgan fingerprint density at radius 3 is 2.31 bits per heavy atom. The molecule has 0 spiro atoms. The number of benzene rings is 1. The molecule has 2 rings (SSSR count). The number of rotatable bonds is 4. The van der Waals surface area contributed by atoms with Crippen LogP contribution in [0.3, 0.4) is 0 Å². The molecule has 0 saturated heterocycles. The van der Waals surface area contributed by atoms with Gasteiger partial charge < -0.3 is 0 Å². The molecule has 0 N–H and O–H groups in total. The van der Waals surface area contributed by atoms with Gasteiger partial charge in [0.15, 0.2) is 9.84 Å². The maximum atomic E-state index is 12.4. The van der Waals surface area contributed by atoms with Gasteiger partial charge in [-0.3, -0.25) is 0 Å². The minimum atomic E-state index is -3.15. The van der Waals surface area contributed by atoms with Gasteiger partial charge in [0.2, 0.25) is 0 Å². The van der Waals surface area contributed by atoms with Crippen LogP contribution in [0.25, 0.3) is 0 Å². The zero-order valence-corrected chi connectivity index (χ0v) is 10.2. The molecule has 0 amide bonds. The van der Waals surface area contributed by atoms with Gasteiger partial charge in [-0.25, -0.2) is 8.42 Å². The van der Waals surface area contributed by atoms with Crippen molar-refractivity contribution in [2.75, 3.05) is 0 Å². The first-order chi connectivity index (χ1) is 7.52. The molecule has 0 radical (unpaired) electrons. The third-order valence-electron chi connectivity index (χ3n) is 3.29. The lowest BCUT2D eigenvalue weighted by molar-refractivity contribution is 0.567. The molecule has 0 bridgehead atoms.